The van der Waals surface area contributed by atoms with E-state index in [1.807, 2.05) is 0 Å². The molecule has 24 heavy (non-hydrogen) atoms. The van der Waals surface area contributed by atoms with Gasteiger partial charge in [-0.25, -0.2) is 0 Å². The van der Waals surface area contributed by atoms with Gasteiger partial charge in [0.2, 0.25) is 0 Å². The minimum Gasteiger partial charge on any atom is -0.346 e. The van der Waals surface area contributed by atoms with Gasteiger partial charge in [-0.3, -0.25) is 0 Å². The lowest BCUT2D eigenvalue weighted by atomic mass is 9.76. The smallest absolute Gasteiger partial charge is 0.161 e. The van der Waals surface area contributed by atoms with Crippen LogP contribution in [0.5, 0.6) is 0 Å². The lowest BCUT2D eigenvalue weighted by Crippen LogP contribution is -2.44. The highest BCUT2D eigenvalue weighted by Crippen LogP contribution is 2.45. The van der Waals surface area contributed by atoms with Crippen molar-refractivity contribution in [1.29, 1.82) is 0 Å². The van der Waals surface area contributed by atoms with Gasteiger partial charge in [-0.15, -0.1) is 0 Å². The molecule has 0 aromatic rings. The number of rotatable bonds is 4. The Hall–Kier alpha value is -0.0800. The van der Waals surface area contributed by atoms with Crippen molar-refractivity contribution in [2.24, 2.45) is 29.1 Å². The van der Waals surface area contributed by atoms with Crippen molar-refractivity contribution in [3.63, 3.8) is 0 Å². The van der Waals surface area contributed by atoms with E-state index in [2.05, 4.69) is 55.4 Å². The van der Waals surface area contributed by atoms with Crippen LogP contribution in [-0.2, 0) is 9.47 Å². The summed E-state index contributed by atoms with van der Waals surface area (Å²) in [6.45, 7) is 18.7. The third kappa shape index (κ3) is 4.18. The molecule has 0 aromatic heterocycles. The van der Waals surface area contributed by atoms with Crippen molar-refractivity contribution in [3.8, 4) is 0 Å². The summed E-state index contributed by atoms with van der Waals surface area (Å²) in [7, 11) is 0. The van der Waals surface area contributed by atoms with Gasteiger partial charge >= 0.3 is 0 Å². The molecule has 0 N–H and O–H groups in total. The number of hydrogen-bond acceptors (Lipinski definition) is 2. The Bertz CT molecular complexity index is 399. The Morgan fingerprint density at radius 1 is 1.08 bits per heavy atom. The molecule has 0 amide bonds. The monoisotopic (exact) mass is 338 g/mol. The van der Waals surface area contributed by atoms with Crippen molar-refractivity contribution in [2.75, 3.05) is 0 Å². The second kappa shape index (κ2) is 7.66. The van der Waals surface area contributed by atoms with E-state index in [4.69, 9.17) is 9.47 Å². The maximum absolute atomic E-state index is 6.64. The molecular weight excluding hydrogens is 296 g/mol. The quantitative estimate of drug-likeness (QED) is 0.550. The second-order valence-corrected chi connectivity index (χ2v) is 9.95. The van der Waals surface area contributed by atoms with Crippen molar-refractivity contribution in [3.05, 3.63) is 0 Å². The van der Waals surface area contributed by atoms with Crippen LogP contribution in [0.3, 0.4) is 0 Å². The molecular formula is C22H42O2. The highest BCUT2D eigenvalue weighted by molar-refractivity contribution is 4.95. The van der Waals surface area contributed by atoms with Crippen LogP contribution in [0.15, 0.2) is 0 Å². The van der Waals surface area contributed by atoms with E-state index in [1.54, 1.807) is 0 Å². The van der Waals surface area contributed by atoms with Gasteiger partial charge in [0, 0.05) is 5.92 Å². The van der Waals surface area contributed by atoms with E-state index in [9.17, 15) is 0 Å². The van der Waals surface area contributed by atoms with Gasteiger partial charge in [0.1, 0.15) is 0 Å². The fraction of sp³-hybridized carbons (Fsp3) is 1.00. The first kappa shape index (κ1) is 20.2. The predicted octanol–water partition coefficient (Wildman–Crippen LogP) is 6.43. The Morgan fingerprint density at radius 3 is 2.33 bits per heavy atom. The molecule has 2 heteroatoms. The summed E-state index contributed by atoms with van der Waals surface area (Å²) in [5.74, 6) is 2.60. The number of ether oxygens (including phenoxy) is 2. The van der Waals surface area contributed by atoms with Crippen LogP contribution in [0.25, 0.3) is 0 Å². The molecule has 7 atom stereocenters. The molecule has 2 nitrogen and oxygen atoms in total. The van der Waals surface area contributed by atoms with Crippen molar-refractivity contribution >= 4 is 0 Å². The number of hydrogen-bond donors (Lipinski definition) is 0. The maximum atomic E-state index is 6.64. The van der Waals surface area contributed by atoms with Crippen LogP contribution in [-0.4, -0.2) is 18.0 Å². The molecule has 7 unspecified atom stereocenters. The molecule has 1 saturated heterocycles. The minimum atomic E-state index is -0.143. The van der Waals surface area contributed by atoms with Gasteiger partial charge < -0.3 is 9.47 Å². The average molecular weight is 339 g/mol. The first-order valence-corrected chi connectivity index (χ1v) is 10.4. The first-order valence-electron chi connectivity index (χ1n) is 10.4. The van der Waals surface area contributed by atoms with Crippen molar-refractivity contribution < 1.29 is 9.47 Å². The molecule has 1 saturated carbocycles. The van der Waals surface area contributed by atoms with E-state index in [1.165, 1.54) is 38.5 Å². The molecule has 1 aliphatic carbocycles. The van der Waals surface area contributed by atoms with Gasteiger partial charge in [-0.1, -0.05) is 54.4 Å². The summed E-state index contributed by atoms with van der Waals surface area (Å²) in [6.07, 6.45) is 7.93. The van der Waals surface area contributed by atoms with Crippen LogP contribution in [0, 0.1) is 29.1 Å². The largest absolute Gasteiger partial charge is 0.346 e. The van der Waals surface area contributed by atoms with Gasteiger partial charge in [0.25, 0.3) is 0 Å². The summed E-state index contributed by atoms with van der Waals surface area (Å²) in [5, 5.41) is 0. The summed E-state index contributed by atoms with van der Waals surface area (Å²) in [5.41, 5.74) is 0.287. The van der Waals surface area contributed by atoms with Crippen LogP contribution >= 0.6 is 0 Å². The lowest BCUT2D eigenvalue weighted by molar-refractivity contribution is -0.137. The van der Waals surface area contributed by atoms with E-state index < -0.39 is 0 Å². The Labute approximate surface area is 151 Å². The average Bonchev–Trinajstić information content (AvgIpc) is 2.71. The zero-order chi connectivity index (χ0) is 18.1. The fourth-order valence-electron chi connectivity index (χ4n) is 4.78. The van der Waals surface area contributed by atoms with Crippen molar-refractivity contribution in [1.82, 2.24) is 0 Å². The van der Waals surface area contributed by atoms with Crippen LogP contribution in [0.2, 0.25) is 0 Å². The Morgan fingerprint density at radius 2 is 1.75 bits per heavy atom. The molecule has 0 bridgehead atoms. The predicted molar refractivity (Wildman–Crippen MR) is 102 cm³/mol. The summed E-state index contributed by atoms with van der Waals surface area (Å²) >= 11 is 0. The summed E-state index contributed by atoms with van der Waals surface area (Å²) < 4.78 is 13.0. The van der Waals surface area contributed by atoms with Gasteiger partial charge in [0.05, 0.1) is 11.7 Å². The molecule has 2 aliphatic rings. The van der Waals surface area contributed by atoms with E-state index >= 15 is 0 Å². The van der Waals surface area contributed by atoms with Gasteiger partial charge in [0.15, 0.2) is 6.29 Å². The Kier molecular flexibility index (Phi) is 6.46. The zero-order valence-corrected chi connectivity index (χ0v) is 17.5. The van der Waals surface area contributed by atoms with Crippen LogP contribution in [0.4, 0.5) is 0 Å². The highest BCUT2D eigenvalue weighted by Gasteiger charge is 2.50. The molecule has 2 fully saturated rings. The summed E-state index contributed by atoms with van der Waals surface area (Å²) in [6, 6.07) is 0. The third-order valence-electron chi connectivity index (χ3n) is 7.54. The lowest BCUT2D eigenvalue weighted by Gasteiger charge is -2.37. The fourth-order valence-corrected chi connectivity index (χ4v) is 4.78. The van der Waals surface area contributed by atoms with E-state index in [-0.39, 0.29) is 18.0 Å². The van der Waals surface area contributed by atoms with Crippen LogP contribution < -0.4 is 0 Å². The highest BCUT2D eigenvalue weighted by atomic mass is 16.7. The maximum Gasteiger partial charge on any atom is 0.161 e. The standard InChI is InChI=1S/C22H42O2/c1-9-15(2)16(3)22(8)17(4)23-20(24-22)18-11-10-12-19(14-13-18)21(5,6)7/h15-20H,9-14H2,1-8H3. The molecule has 142 valence electrons. The summed E-state index contributed by atoms with van der Waals surface area (Å²) in [4.78, 5) is 0. The van der Waals surface area contributed by atoms with Crippen molar-refractivity contribution in [2.45, 2.75) is 112 Å². The third-order valence-corrected chi connectivity index (χ3v) is 7.54. The topological polar surface area (TPSA) is 18.5 Å². The van der Waals surface area contributed by atoms with Gasteiger partial charge in [-0.05, 0) is 62.7 Å². The SMILES string of the molecule is CCC(C)C(C)C1(C)OC(C2CCCC(C(C)(C)C)CC2)OC1C. The second-order valence-electron chi connectivity index (χ2n) is 9.95. The van der Waals surface area contributed by atoms with E-state index in [0.717, 1.165) is 5.92 Å². The van der Waals surface area contributed by atoms with Crippen LogP contribution in [0.1, 0.15) is 93.9 Å². The molecule has 0 spiro atoms. The first-order chi connectivity index (χ1) is 11.1. The minimum absolute atomic E-state index is 0.00947. The normalized spacial score (nSPS) is 41.0. The molecule has 1 aliphatic heterocycles. The van der Waals surface area contributed by atoms with Gasteiger partial charge in [-0.2, -0.15) is 0 Å². The molecule has 1 heterocycles. The molecule has 0 aromatic carbocycles. The van der Waals surface area contributed by atoms with E-state index in [0.29, 0.717) is 23.2 Å². The zero-order valence-electron chi connectivity index (χ0n) is 17.5. The molecule has 0 radical (unpaired) electrons. The Balaban J connectivity index is 2.01. The molecule has 2 rings (SSSR count).